The highest BCUT2D eigenvalue weighted by atomic mass is 32.2. The molecule has 0 atom stereocenters. The summed E-state index contributed by atoms with van der Waals surface area (Å²) in [6.45, 7) is 4.14. The SMILES string of the molecule is COC(=O)c1ccccc1/C=C1\C(=O)Nc2ccc(SNC(C)C)cc21. The standard InChI is InChI=1S/C20H20N2O3S/c1-12(2)22-26-14-8-9-18-16(11-14)17(19(23)21-18)10-13-6-4-5-7-15(13)20(24)25-3/h4-12,22H,1-3H3,(H,21,23)/b17-10-. The maximum Gasteiger partial charge on any atom is 0.338 e. The van der Waals surface area contributed by atoms with Crippen LogP contribution in [0.2, 0.25) is 0 Å². The summed E-state index contributed by atoms with van der Waals surface area (Å²) in [6, 6.07) is 13.2. The molecule has 5 nitrogen and oxygen atoms in total. The molecule has 3 rings (SSSR count). The van der Waals surface area contributed by atoms with Gasteiger partial charge < -0.3 is 10.1 Å². The molecular weight excluding hydrogens is 348 g/mol. The average Bonchev–Trinajstić information content (AvgIpc) is 2.94. The fourth-order valence-electron chi connectivity index (χ4n) is 2.63. The smallest absolute Gasteiger partial charge is 0.338 e. The first kappa shape index (κ1) is 18.2. The molecule has 1 aliphatic rings. The third-order valence-corrected chi connectivity index (χ3v) is 4.93. The van der Waals surface area contributed by atoms with Crippen LogP contribution in [-0.4, -0.2) is 25.0 Å². The Balaban J connectivity index is 2.00. The third-order valence-electron chi connectivity index (χ3n) is 3.85. The van der Waals surface area contributed by atoms with Crippen LogP contribution in [0, 0.1) is 0 Å². The number of fused-ring (bicyclic) bond motifs is 1. The second-order valence-electron chi connectivity index (χ2n) is 6.17. The molecule has 0 spiro atoms. The lowest BCUT2D eigenvalue weighted by Crippen LogP contribution is -2.13. The monoisotopic (exact) mass is 368 g/mol. The lowest BCUT2D eigenvalue weighted by Gasteiger charge is -2.08. The van der Waals surface area contributed by atoms with E-state index in [0.717, 1.165) is 16.1 Å². The fourth-order valence-corrected chi connectivity index (χ4v) is 3.32. The van der Waals surface area contributed by atoms with Crippen molar-refractivity contribution in [2.75, 3.05) is 12.4 Å². The van der Waals surface area contributed by atoms with E-state index in [1.165, 1.54) is 19.1 Å². The first-order valence-corrected chi connectivity index (χ1v) is 9.08. The average molecular weight is 368 g/mol. The van der Waals surface area contributed by atoms with E-state index in [2.05, 4.69) is 23.9 Å². The summed E-state index contributed by atoms with van der Waals surface area (Å²) in [5.41, 5.74) is 3.20. The Morgan fingerprint density at radius 3 is 2.73 bits per heavy atom. The van der Waals surface area contributed by atoms with E-state index < -0.39 is 5.97 Å². The molecule has 1 aliphatic heterocycles. The zero-order valence-electron chi connectivity index (χ0n) is 14.8. The van der Waals surface area contributed by atoms with E-state index in [1.807, 2.05) is 24.3 Å². The van der Waals surface area contributed by atoms with Crippen molar-refractivity contribution >= 4 is 41.2 Å². The molecule has 26 heavy (non-hydrogen) atoms. The molecule has 0 aliphatic carbocycles. The largest absolute Gasteiger partial charge is 0.465 e. The number of benzene rings is 2. The van der Waals surface area contributed by atoms with Crippen molar-refractivity contribution in [3.05, 3.63) is 59.2 Å². The Hall–Kier alpha value is -2.57. The van der Waals surface area contributed by atoms with Gasteiger partial charge in [-0.15, -0.1) is 0 Å². The van der Waals surface area contributed by atoms with Crippen LogP contribution >= 0.6 is 11.9 Å². The van der Waals surface area contributed by atoms with Crippen LogP contribution < -0.4 is 10.0 Å². The number of methoxy groups -OCH3 is 1. The van der Waals surface area contributed by atoms with Crippen molar-refractivity contribution in [2.24, 2.45) is 0 Å². The molecule has 0 aromatic heterocycles. The summed E-state index contributed by atoms with van der Waals surface area (Å²) in [6.07, 6.45) is 1.73. The van der Waals surface area contributed by atoms with Crippen LogP contribution in [0.15, 0.2) is 47.4 Å². The molecule has 0 fully saturated rings. The molecule has 1 amide bonds. The quantitative estimate of drug-likeness (QED) is 0.475. The third kappa shape index (κ3) is 3.81. The van der Waals surface area contributed by atoms with Crippen LogP contribution in [0.1, 0.15) is 35.3 Å². The number of ether oxygens (including phenoxy) is 1. The van der Waals surface area contributed by atoms with Gasteiger partial charge in [0.15, 0.2) is 0 Å². The van der Waals surface area contributed by atoms with Crippen LogP contribution in [0.4, 0.5) is 5.69 Å². The maximum absolute atomic E-state index is 12.4. The Bertz CT molecular complexity index is 890. The second kappa shape index (κ2) is 7.76. The summed E-state index contributed by atoms with van der Waals surface area (Å²) in [7, 11) is 1.34. The van der Waals surface area contributed by atoms with Gasteiger partial charge in [-0.1, -0.05) is 18.2 Å². The Kier molecular flexibility index (Phi) is 5.44. The van der Waals surface area contributed by atoms with Gasteiger partial charge in [0, 0.05) is 27.8 Å². The van der Waals surface area contributed by atoms with Gasteiger partial charge in [0.1, 0.15) is 0 Å². The molecule has 2 N–H and O–H groups in total. The van der Waals surface area contributed by atoms with Crippen LogP contribution in [0.3, 0.4) is 0 Å². The molecule has 0 bridgehead atoms. The molecular formula is C20H20N2O3S. The summed E-state index contributed by atoms with van der Waals surface area (Å²) in [5.74, 6) is -0.611. The van der Waals surface area contributed by atoms with Crippen LogP contribution in [-0.2, 0) is 9.53 Å². The fraction of sp³-hybridized carbons (Fsp3) is 0.200. The first-order chi connectivity index (χ1) is 12.5. The predicted octanol–water partition coefficient (Wildman–Crippen LogP) is 3.97. The molecule has 0 unspecified atom stereocenters. The highest BCUT2D eigenvalue weighted by Gasteiger charge is 2.25. The summed E-state index contributed by atoms with van der Waals surface area (Å²) in [5, 5.41) is 2.87. The number of carbonyl (C=O) groups is 2. The highest BCUT2D eigenvalue weighted by molar-refractivity contribution is 7.97. The summed E-state index contributed by atoms with van der Waals surface area (Å²) < 4.78 is 8.12. The first-order valence-electron chi connectivity index (χ1n) is 8.26. The van der Waals surface area contributed by atoms with E-state index in [9.17, 15) is 9.59 Å². The molecule has 0 radical (unpaired) electrons. The molecule has 6 heteroatoms. The Labute approximate surface area is 157 Å². The van der Waals surface area contributed by atoms with E-state index in [1.54, 1.807) is 24.3 Å². The normalized spacial score (nSPS) is 14.5. The van der Waals surface area contributed by atoms with Gasteiger partial charge in [0.2, 0.25) is 0 Å². The number of amides is 1. The summed E-state index contributed by atoms with van der Waals surface area (Å²) >= 11 is 1.53. The number of anilines is 1. The van der Waals surface area contributed by atoms with E-state index in [0.29, 0.717) is 22.7 Å². The highest BCUT2D eigenvalue weighted by Crippen LogP contribution is 2.36. The minimum atomic E-state index is -0.429. The van der Waals surface area contributed by atoms with Crippen LogP contribution in [0.25, 0.3) is 11.6 Å². The van der Waals surface area contributed by atoms with Gasteiger partial charge in [-0.05, 0) is 61.7 Å². The van der Waals surface area contributed by atoms with Gasteiger partial charge in [-0.25, -0.2) is 4.79 Å². The van der Waals surface area contributed by atoms with Gasteiger partial charge >= 0.3 is 5.97 Å². The minimum Gasteiger partial charge on any atom is -0.465 e. The molecule has 2 aromatic rings. The lowest BCUT2D eigenvalue weighted by molar-refractivity contribution is -0.110. The number of hydrogen-bond donors (Lipinski definition) is 2. The second-order valence-corrected chi connectivity index (χ2v) is 7.08. The van der Waals surface area contributed by atoms with Crippen LogP contribution in [0.5, 0.6) is 0 Å². The number of hydrogen-bond acceptors (Lipinski definition) is 5. The van der Waals surface area contributed by atoms with Gasteiger partial charge in [0.25, 0.3) is 5.91 Å². The Morgan fingerprint density at radius 2 is 2.00 bits per heavy atom. The van der Waals surface area contributed by atoms with Crippen molar-refractivity contribution in [1.29, 1.82) is 0 Å². The predicted molar refractivity (Wildman–Crippen MR) is 105 cm³/mol. The number of nitrogens with one attached hydrogen (secondary N) is 2. The Morgan fingerprint density at radius 1 is 1.23 bits per heavy atom. The maximum atomic E-state index is 12.4. The molecule has 0 saturated carbocycles. The zero-order chi connectivity index (χ0) is 18.7. The van der Waals surface area contributed by atoms with Gasteiger partial charge in [-0.3, -0.25) is 9.52 Å². The van der Waals surface area contributed by atoms with Gasteiger partial charge in [0.05, 0.1) is 12.7 Å². The zero-order valence-corrected chi connectivity index (χ0v) is 15.6. The van der Waals surface area contributed by atoms with E-state index >= 15 is 0 Å². The van der Waals surface area contributed by atoms with Crippen molar-refractivity contribution in [2.45, 2.75) is 24.8 Å². The van der Waals surface area contributed by atoms with E-state index in [4.69, 9.17) is 4.74 Å². The molecule has 134 valence electrons. The summed E-state index contributed by atoms with van der Waals surface area (Å²) in [4.78, 5) is 25.4. The lowest BCUT2D eigenvalue weighted by atomic mass is 10.0. The molecule has 2 aromatic carbocycles. The number of rotatable bonds is 5. The van der Waals surface area contributed by atoms with Gasteiger partial charge in [-0.2, -0.15) is 0 Å². The van der Waals surface area contributed by atoms with Crippen molar-refractivity contribution in [3.8, 4) is 0 Å². The van der Waals surface area contributed by atoms with Crippen molar-refractivity contribution in [1.82, 2.24) is 4.72 Å². The van der Waals surface area contributed by atoms with Crippen molar-refractivity contribution in [3.63, 3.8) is 0 Å². The topological polar surface area (TPSA) is 67.4 Å². The number of esters is 1. The van der Waals surface area contributed by atoms with E-state index in [-0.39, 0.29) is 5.91 Å². The number of carbonyl (C=O) groups excluding carboxylic acids is 2. The molecule has 1 heterocycles. The van der Waals surface area contributed by atoms with Crippen molar-refractivity contribution < 1.29 is 14.3 Å². The molecule has 0 saturated heterocycles. The minimum absolute atomic E-state index is 0.182.